The van der Waals surface area contributed by atoms with E-state index in [9.17, 15) is 14.4 Å². The first-order chi connectivity index (χ1) is 12.9. The molecule has 0 amide bonds. The van der Waals surface area contributed by atoms with Crippen molar-refractivity contribution in [3.8, 4) is 5.75 Å². The molecular formula is C19H15BrClNO5. The van der Waals surface area contributed by atoms with Crippen LogP contribution in [0.3, 0.4) is 0 Å². The first kappa shape index (κ1) is 19.5. The summed E-state index contributed by atoms with van der Waals surface area (Å²) in [5.41, 5.74) is 0.642. The zero-order valence-corrected chi connectivity index (χ0v) is 16.5. The molecule has 0 aromatic heterocycles. The number of carbonyl (C=O) groups is 3. The van der Waals surface area contributed by atoms with Crippen LogP contribution in [0.15, 0.2) is 48.5 Å². The van der Waals surface area contributed by atoms with Crippen molar-refractivity contribution in [3.63, 3.8) is 0 Å². The molecule has 1 heterocycles. The number of Topliss-reactive ketones (excluding diaryl/α,β-unsaturated/α-hetero) is 1. The first-order valence-electron chi connectivity index (χ1n) is 8.11. The van der Waals surface area contributed by atoms with E-state index >= 15 is 0 Å². The van der Waals surface area contributed by atoms with Crippen LogP contribution in [0.25, 0.3) is 0 Å². The molecule has 3 rings (SSSR count). The lowest BCUT2D eigenvalue weighted by atomic mass is 10.1. The van der Waals surface area contributed by atoms with Crippen LogP contribution < -0.4 is 10.1 Å². The molecule has 27 heavy (non-hydrogen) atoms. The third-order valence-corrected chi connectivity index (χ3v) is 5.27. The molecule has 0 aliphatic carbocycles. The topological polar surface area (TPSA) is 91.6 Å². The lowest BCUT2D eigenvalue weighted by Crippen LogP contribution is -2.26. The Morgan fingerprint density at radius 2 is 1.85 bits per heavy atom. The Morgan fingerprint density at radius 3 is 2.48 bits per heavy atom. The van der Waals surface area contributed by atoms with Gasteiger partial charge in [0, 0.05) is 5.56 Å². The maximum absolute atomic E-state index is 12.7. The Kier molecular flexibility index (Phi) is 5.64. The predicted molar refractivity (Wildman–Crippen MR) is 102 cm³/mol. The van der Waals surface area contributed by atoms with E-state index in [-0.39, 0.29) is 28.7 Å². The molecule has 2 unspecified atom stereocenters. The fourth-order valence-electron chi connectivity index (χ4n) is 2.48. The van der Waals surface area contributed by atoms with E-state index in [4.69, 9.17) is 21.1 Å². The molecular weight excluding hydrogens is 438 g/mol. The number of halogens is 2. The number of alkyl halides is 1. The fraction of sp³-hybridized carbons (Fsp3) is 0.211. The Hall–Kier alpha value is -2.22. The van der Waals surface area contributed by atoms with Gasteiger partial charge in [-0.2, -0.15) is 0 Å². The van der Waals surface area contributed by atoms with Crippen molar-refractivity contribution < 1.29 is 23.9 Å². The summed E-state index contributed by atoms with van der Waals surface area (Å²) in [6.07, 6.45) is 0. The van der Waals surface area contributed by atoms with Crippen LogP contribution in [0, 0.1) is 0 Å². The third kappa shape index (κ3) is 4.05. The summed E-state index contributed by atoms with van der Waals surface area (Å²) >= 11 is 9.42. The molecule has 1 aliphatic heterocycles. The molecule has 6 nitrogen and oxygen atoms in total. The highest BCUT2D eigenvalue weighted by atomic mass is 79.9. The second-order valence-electron chi connectivity index (χ2n) is 5.77. The second-order valence-corrected chi connectivity index (χ2v) is 7.43. The van der Waals surface area contributed by atoms with E-state index in [1.807, 2.05) is 0 Å². The van der Waals surface area contributed by atoms with Crippen molar-refractivity contribution in [1.29, 1.82) is 0 Å². The molecule has 140 valence electrons. The monoisotopic (exact) mass is 451 g/mol. The molecule has 2 aromatic rings. The van der Waals surface area contributed by atoms with Gasteiger partial charge < -0.3 is 9.47 Å². The van der Waals surface area contributed by atoms with Crippen LogP contribution in [-0.2, 0) is 9.53 Å². The summed E-state index contributed by atoms with van der Waals surface area (Å²) in [4.78, 5) is 36.6. The quantitative estimate of drug-likeness (QED) is 0.180. The summed E-state index contributed by atoms with van der Waals surface area (Å²) in [5.74, 6) is -1.30. The molecule has 0 bridgehead atoms. The zero-order valence-electron chi connectivity index (χ0n) is 14.2. The summed E-state index contributed by atoms with van der Waals surface area (Å²) in [6.45, 7) is 1.91. The second kappa shape index (κ2) is 7.80. The number of benzene rings is 2. The molecule has 2 aromatic carbocycles. The number of hydrogen-bond donors (Lipinski definition) is 1. The number of carbonyl (C=O) groups excluding carboxylic acids is 3. The Labute approximate surface area is 168 Å². The molecule has 1 aliphatic rings. The van der Waals surface area contributed by atoms with Gasteiger partial charge >= 0.3 is 11.9 Å². The van der Waals surface area contributed by atoms with Gasteiger partial charge in [0.25, 0.3) is 0 Å². The zero-order chi connectivity index (χ0) is 19.6. The molecule has 1 N–H and O–H groups in total. The summed E-state index contributed by atoms with van der Waals surface area (Å²) in [7, 11) is 0. The van der Waals surface area contributed by atoms with Crippen molar-refractivity contribution in [3.05, 3.63) is 64.7 Å². The Morgan fingerprint density at radius 1 is 1.15 bits per heavy atom. The summed E-state index contributed by atoms with van der Waals surface area (Å²) in [6, 6.07) is 12.0. The van der Waals surface area contributed by atoms with E-state index in [1.54, 1.807) is 37.3 Å². The van der Waals surface area contributed by atoms with E-state index in [1.165, 1.54) is 18.2 Å². The maximum atomic E-state index is 12.7. The Bertz CT molecular complexity index is 904. The molecule has 2 atom stereocenters. The molecule has 0 saturated carbocycles. The van der Waals surface area contributed by atoms with Gasteiger partial charge in [0.2, 0.25) is 0 Å². The van der Waals surface area contributed by atoms with Crippen molar-refractivity contribution >= 4 is 45.3 Å². The van der Waals surface area contributed by atoms with Crippen molar-refractivity contribution in [2.24, 2.45) is 0 Å². The average Bonchev–Trinajstić information content (AvgIpc) is 3.37. The van der Waals surface area contributed by atoms with Crippen LogP contribution in [0.4, 0.5) is 0 Å². The van der Waals surface area contributed by atoms with Crippen molar-refractivity contribution in [1.82, 2.24) is 5.32 Å². The summed E-state index contributed by atoms with van der Waals surface area (Å²) < 4.78 is 8.97. The minimum absolute atomic E-state index is 0.106. The number of nitrogens with one attached hydrogen (secondary N) is 1. The van der Waals surface area contributed by atoms with Gasteiger partial charge in [-0.15, -0.1) is 0 Å². The highest BCUT2D eigenvalue weighted by Gasteiger charge is 2.62. The van der Waals surface area contributed by atoms with Crippen molar-refractivity contribution in [2.75, 3.05) is 6.61 Å². The number of esters is 2. The van der Waals surface area contributed by atoms with E-state index in [2.05, 4.69) is 21.2 Å². The van der Waals surface area contributed by atoms with Gasteiger partial charge in [0.15, 0.2) is 10.2 Å². The summed E-state index contributed by atoms with van der Waals surface area (Å²) in [5, 5.41) is 2.89. The number of hydrogen-bond acceptors (Lipinski definition) is 6. The first-order valence-corrected chi connectivity index (χ1v) is 9.28. The SMILES string of the molecule is CCOC(=O)C1NC1(Br)C(=O)c1ccc(OC(=O)c2ccccc2)c(Cl)c1. The minimum Gasteiger partial charge on any atom is -0.465 e. The highest BCUT2D eigenvalue weighted by Crippen LogP contribution is 2.39. The maximum Gasteiger partial charge on any atom is 0.343 e. The van der Waals surface area contributed by atoms with E-state index < -0.39 is 22.4 Å². The third-order valence-electron chi connectivity index (χ3n) is 3.93. The van der Waals surface area contributed by atoms with Crippen LogP contribution in [-0.4, -0.2) is 34.8 Å². The standard InChI is InChI=1S/C19H15BrClNO5/c1-2-26-18(25)15-19(20,22-15)16(23)12-8-9-14(13(21)10-12)27-17(24)11-6-4-3-5-7-11/h3-10,15,22H,2H2,1H3. The van der Waals surface area contributed by atoms with Gasteiger partial charge in [0.05, 0.1) is 17.2 Å². The van der Waals surface area contributed by atoms with E-state index in [0.717, 1.165) is 0 Å². The van der Waals surface area contributed by atoms with Gasteiger partial charge in [-0.1, -0.05) is 45.7 Å². The Balaban J connectivity index is 1.73. The van der Waals surface area contributed by atoms with Gasteiger partial charge in [-0.25, -0.2) is 4.79 Å². The van der Waals surface area contributed by atoms with Gasteiger partial charge in [-0.05, 0) is 37.3 Å². The number of rotatable bonds is 6. The molecule has 1 saturated heterocycles. The number of ketones is 1. The fourth-order valence-corrected chi connectivity index (χ4v) is 3.34. The molecule has 8 heteroatoms. The van der Waals surface area contributed by atoms with E-state index in [0.29, 0.717) is 5.56 Å². The van der Waals surface area contributed by atoms with Gasteiger partial charge in [-0.3, -0.25) is 14.9 Å². The van der Waals surface area contributed by atoms with Crippen LogP contribution in [0.2, 0.25) is 5.02 Å². The predicted octanol–water partition coefficient (Wildman–Crippen LogP) is 3.37. The molecule has 1 fully saturated rings. The largest absolute Gasteiger partial charge is 0.465 e. The lowest BCUT2D eigenvalue weighted by Gasteiger charge is -2.10. The average molecular weight is 453 g/mol. The van der Waals surface area contributed by atoms with Crippen molar-refractivity contribution in [2.45, 2.75) is 17.4 Å². The van der Waals surface area contributed by atoms with Crippen LogP contribution >= 0.6 is 27.5 Å². The van der Waals surface area contributed by atoms with Crippen LogP contribution in [0.5, 0.6) is 5.75 Å². The van der Waals surface area contributed by atoms with Crippen LogP contribution in [0.1, 0.15) is 27.6 Å². The highest BCUT2D eigenvalue weighted by molar-refractivity contribution is 9.10. The lowest BCUT2D eigenvalue weighted by molar-refractivity contribution is -0.142. The number of ether oxygens (including phenoxy) is 2. The van der Waals surface area contributed by atoms with Gasteiger partial charge in [0.1, 0.15) is 11.8 Å². The molecule has 0 radical (unpaired) electrons. The smallest absolute Gasteiger partial charge is 0.343 e. The normalized spacial score (nSPS) is 20.6. The minimum atomic E-state index is -1.22. The molecule has 0 spiro atoms.